The zero-order valence-corrected chi connectivity index (χ0v) is 16.9. The molecule has 1 aliphatic heterocycles. The van der Waals surface area contributed by atoms with E-state index < -0.39 is 11.8 Å². The van der Waals surface area contributed by atoms with Gasteiger partial charge in [0.1, 0.15) is 5.57 Å². The van der Waals surface area contributed by atoms with Crippen molar-refractivity contribution < 1.29 is 19.5 Å². The Hall–Kier alpha value is -4.19. The minimum absolute atomic E-state index is 0.284. The van der Waals surface area contributed by atoms with Crippen molar-refractivity contribution in [2.75, 3.05) is 17.4 Å². The Morgan fingerprint density at radius 1 is 1.10 bits per heavy atom. The van der Waals surface area contributed by atoms with Crippen molar-refractivity contribution in [3.63, 3.8) is 0 Å². The molecule has 0 unspecified atom stereocenters. The second-order valence-electron chi connectivity index (χ2n) is 6.43. The molecule has 156 valence electrons. The Morgan fingerprint density at radius 3 is 2.45 bits per heavy atom. The molecule has 31 heavy (non-hydrogen) atoms. The predicted octanol–water partition coefficient (Wildman–Crippen LogP) is 1.37. The Balaban J connectivity index is 1.51. The summed E-state index contributed by atoms with van der Waals surface area (Å²) in [6, 6.07) is 13.0. The number of carbonyl (C=O) groups is 3. The lowest BCUT2D eigenvalue weighted by molar-refractivity contribution is -0.124. The highest BCUT2D eigenvalue weighted by Crippen LogP contribution is 2.26. The highest BCUT2D eigenvalue weighted by atomic mass is 32.1. The molecule has 2 N–H and O–H groups in total. The highest BCUT2D eigenvalue weighted by Gasteiger charge is 2.40. The average molecular weight is 437 g/mol. The monoisotopic (exact) mass is 437 g/mol. The minimum Gasteiger partial charge on any atom is -0.515 e. The zero-order chi connectivity index (χ0) is 22.1. The molecule has 0 saturated carbocycles. The first-order valence-electron chi connectivity index (χ1n) is 8.86. The van der Waals surface area contributed by atoms with Crippen LogP contribution in [0.15, 0.2) is 65.5 Å². The van der Waals surface area contributed by atoms with E-state index in [2.05, 4.69) is 33.5 Å². The van der Waals surface area contributed by atoms with Gasteiger partial charge in [-0.05, 0) is 52.9 Å². The zero-order valence-electron chi connectivity index (χ0n) is 16.0. The van der Waals surface area contributed by atoms with Gasteiger partial charge in [-0.25, -0.2) is 10.0 Å². The van der Waals surface area contributed by atoms with E-state index in [1.807, 2.05) is 0 Å². The molecule has 3 amide bonds. The van der Waals surface area contributed by atoms with Crippen LogP contribution in [0.25, 0.3) is 5.69 Å². The van der Waals surface area contributed by atoms with Crippen molar-refractivity contribution in [3.8, 4) is 5.69 Å². The van der Waals surface area contributed by atoms with Crippen molar-refractivity contribution in [1.29, 1.82) is 0 Å². The van der Waals surface area contributed by atoms with E-state index in [4.69, 9.17) is 5.11 Å². The third-order valence-corrected chi connectivity index (χ3v) is 4.83. The molecule has 11 nitrogen and oxygen atoms in total. The fourth-order valence-corrected chi connectivity index (χ4v) is 3.22. The second-order valence-corrected chi connectivity index (χ2v) is 6.83. The van der Waals surface area contributed by atoms with E-state index in [9.17, 15) is 14.4 Å². The third kappa shape index (κ3) is 3.59. The molecule has 3 aromatic rings. The lowest BCUT2D eigenvalue weighted by atomic mass is 10.2. The summed E-state index contributed by atoms with van der Waals surface area (Å²) in [6.45, 7) is 0. The molecule has 0 bridgehead atoms. The number of aliphatic hydroxyl groups excluding tert-OH is 1. The number of hydrogen-bond donors (Lipinski definition) is 3. The predicted molar refractivity (Wildman–Crippen MR) is 112 cm³/mol. The fourth-order valence-electron chi connectivity index (χ4n) is 3.03. The van der Waals surface area contributed by atoms with Crippen molar-refractivity contribution >= 4 is 41.7 Å². The molecule has 1 aromatic heterocycles. The van der Waals surface area contributed by atoms with Crippen molar-refractivity contribution in [2.45, 2.75) is 5.16 Å². The fraction of sp³-hybridized carbons (Fsp3) is 0.0526. The molecule has 4 rings (SSSR count). The van der Waals surface area contributed by atoms with Gasteiger partial charge in [0, 0.05) is 18.3 Å². The average Bonchev–Trinajstić information content (AvgIpc) is 3.29. The number of hydrazine groups is 1. The number of nitrogens with one attached hydrogen (secondary N) is 1. The van der Waals surface area contributed by atoms with Gasteiger partial charge in [0.15, 0.2) is 0 Å². The lowest BCUT2D eigenvalue weighted by Gasteiger charge is -2.23. The molecule has 0 spiro atoms. The first-order chi connectivity index (χ1) is 14.9. The molecular weight excluding hydrogens is 422 g/mol. The van der Waals surface area contributed by atoms with Crippen LogP contribution in [0, 0.1) is 0 Å². The first-order valence-corrected chi connectivity index (χ1v) is 9.31. The van der Waals surface area contributed by atoms with Crippen LogP contribution in [0.5, 0.6) is 0 Å². The van der Waals surface area contributed by atoms with Gasteiger partial charge < -0.3 is 10.4 Å². The van der Waals surface area contributed by atoms with Crippen molar-refractivity contribution in [2.24, 2.45) is 0 Å². The van der Waals surface area contributed by atoms with E-state index in [1.54, 1.807) is 48.5 Å². The SMILES string of the molecule is CN1C(=O)/C(=C/O)C(=O)N1c1ccc(NC(=O)c2cccc(-n3nnnc3S)c2)cc1. The Morgan fingerprint density at radius 2 is 1.84 bits per heavy atom. The number of aliphatic hydroxyl groups is 1. The number of hydrogen-bond acceptors (Lipinski definition) is 8. The van der Waals surface area contributed by atoms with E-state index in [0.717, 1.165) is 10.0 Å². The van der Waals surface area contributed by atoms with Gasteiger partial charge in [-0.2, -0.15) is 4.68 Å². The number of thiol groups is 1. The maximum absolute atomic E-state index is 12.6. The standard InChI is InChI=1S/C19H15N7O4S/c1-24-17(29)15(10-27)18(30)26(24)13-7-5-12(6-8-13)20-16(28)11-3-2-4-14(9-11)25-19(31)21-22-23-25/h2-10,27H,1H3,(H,20,28)(H,21,23,31)/b15-10-. The quantitative estimate of drug-likeness (QED) is 0.243. The molecule has 12 heteroatoms. The topological polar surface area (TPSA) is 134 Å². The third-order valence-electron chi connectivity index (χ3n) is 4.55. The molecule has 2 heterocycles. The van der Waals surface area contributed by atoms with Gasteiger partial charge in [0.25, 0.3) is 17.7 Å². The molecule has 0 radical (unpaired) electrons. The molecule has 0 atom stereocenters. The summed E-state index contributed by atoms with van der Waals surface area (Å²) in [5.74, 6) is -1.62. The van der Waals surface area contributed by atoms with Crippen LogP contribution in [-0.2, 0) is 9.59 Å². The van der Waals surface area contributed by atoms with Gasteiger partial charge in [-0.3, -0.25) is 14.4 Å². The van der Waals surface area contributed by atoms with Crippen LogP contribution < -0.4 is 10.3 Å². The Bertz CT molecular complexity index is 1220. The maximum Gasteiger partial charge on any atom is 0.286 e. The molecule has 0 aliphatic carbocycles. The number of carbonyl (C=O) groups excluding carboxylic acids is 3. The summed E-state index contributed by atoms with van der Waals surface area (Å²) < 4.78 is 1.38. The number of likely N-dealkylation sites (N-methyl/N-ethyl adjacent to an activating group) is 1. The second kappa shape index (κ2) is 7.91. The number of nitrogens with zero attached hydrogens (tertiary/aromatic N) is 6. The number of tetrazole rings is 1. The normalized spacial score (nSPS) is 15.1. The van der Waals surface area contributed by atoms with Crippen molar-refractivity contribution in [3.05, 3.63) is 65.9 Å². The van der Waals surface area contributed by atoms with Gasteiger partial charge in [0.2, 0.25) is 5.16 Å². The van der Waals surface area contributed by atoms with Crippen LogP contribution in [0.4, 0.5) is 11.4 Å². The number of amides is 3. The minimum atomic E-state index is -0.644. The maximum atomic E-state index is 12.6. The highest BCUT2D eigenvalue weighted by molar-refractivity contribution is 7.80. The number of anilines is 2. The molecular formula is C19H15N7O4S. The summed E-state index contributed by atoms with van der Waals surface area (Å²) in [4.78, 5) is 36.9. The Kier molecular flexibility index (Phi) is 5.13. The van der Waals surface area contributed by atoms with Gasteiger partial charge in [-0.1, -0.05) is 6.07 Å². The van der Waals surface area contributed by atoms with Crippen molar-refractivity contribution in [1.82, 2.24) is 25.2 Å². The largest absolute Gasteiger partial charge is 0.515 e. The smallest absolute Gasteiger partial charge is 0.286 e. The summed E-state index contributed by atoms with van der Waals surface area (Å²) in [7, 11) is 1.42. The number of benzene rings is 2. The van der Waals surface area contributed by atoms with E-state index in [-0.39, 0.29) is 16.6 Å². The van der Waals surface area contributed by atoms with Crippen LogP contribution in [-0.4, -0.2) is 55.1 Å². The summed E-state index contributed by atoms with van der Waals surface area (Å²) in [6.07, 6.45) is 0.496. The molecule has 1 fully saturated rings. The van der Waals surface area contributed by atoms with Crippen LogP contribution in [0.1, 0.15) is 10.4 Å². The van der Waals surface area contributed by atoms with Gasteiger partial charge >= 0.3 is 0 Å². The van der Waals surface area contributed by atoms with Gasteiger partial charge in [0.05, 0.1) is 17.6 Å². The lowest BCUT2D eigenvalue weighted by Crippen LogP contribution is -2.37. The molecule has 2 aromatic carbocycles. The van der Waals surface area contributed by atoms with Crippen LogP contribution >= 0.6 is 12.6 Å². The number of aromatic nitrogens is 4. The summed E-state index contributed by atoms with van der Waals surface area (Å²) >= 11 is 4.16. The van der Waals surface area contributed by atoms with E-state index in [0.29, 0.717) is 28.9 Å². The first kappa shape index (κ1) is 20.1. The van der Waals surface area contributed by atoms with E-state index in [1.165, 1.54) is 11.7 Å². The summed E-state index contributed by atoms with van der Waals surface area (Å²) in [5, 5.41) is 25.4. The molecule has 1 aliphatic rings. The summed E-state index contributed by atoms with van der Waals surface area (Å²) in [5.41, 5.74) is 1.51. The van der Waals surface area contributed by atoms with E-state index >= 15 is 0 Å². The number of rotatable bonds is 4. The molecule has 1 saturated heterocycles. The van der Waals surface area contributed by atoms with Crippen LogP contribution in [0.2, 0.25) is 0 Å². The van der Waals surface area contributed by atoms with Crippen LogP contribution in [0.3, 0.4) is 0 Å². The van der Waals surface area contributed by atoms with Gasteiger partial charge in [-0.15, -0.1) is 17.7 Å². The Labute approximate surface area is 180 Å².